The number of pyridine rings is 1. The van der Waals surface area contributed by atoms with Crippen LogP contribution in [-0.4, -0.2) is 11.8 Å². The first-order valence-corrected chi connectivity index (χ1v) is 8.21. The molecule has 0 saturated carbocycles. The SMILES string of the molecule is N#Cc1cc(C#N)c(SCc2cc3c(cc2Br)OCO3)nc1N. The number of nitrogens with two attached hydrogens (primary N) is 1. The number of nitrogens with zero attached hydrogens (tertiary/aromatic N) is 3. The van der Waals surface area contributed by atoms with Crippen LogP contribution in [0.5, 0.6) is 11.5 Å². The first-order valence-electron chi connectivity index (χ1n) is 6.44. The number of benzene rings is 1. The van der Waals surface area contributed by atoms with Crippen LogP contribution in [0.25, 0.3) is 0 Å². The quantitative estimate of drug-likeness (QED) is 0.804. The van der Waals surface area contributed by atoms with Crippen molar-refractivity contribution in [3.8, 4) is 23.6 Å². The molecule has 0 spiro atoms. The molecule has 0 radical (unpaired) electrons. The topological polar surface area (TPSA) is 105 Å². The number of nitrogen functional groups attached to an aromatic ring is 1. The summed E-state index contributed by atoms with van der Waals surface area (Å²) in [5.74, 6) is 2.07. The third-order valence-corrected chi connectivity index (χ3v) is 4.94. The number of nitriles is 2. The molecular formula is C15H9BrN4O2S. The fraction of sp³-hybridized carbons (Fsp3) is 0.133. The summed E-state index contributed by atoms with van der Waals surface area (Å²) in [4.78, 5) is 4.16. The molecule has 0 aliphatic carbocycles. The number of thioether (sulfide) groups is 1. The lowest BCUT2D eigenvalue weighted by Crippen LogP contribution is -1.99. The molecule has 0 fully saturated rings. The highest BCUT2D eigenvalue weighted by atomic mass is 79.9. The maximum absolute atomic E-state index is 9.21. The van der Waals surface area contributed by atoms with Crippen LogP contribution < -0.4 is 15.2 Å². The molecule has 0 saturated heterocycles. The molecule has 2 aromatic rings. The van der Waals surface area contributed by atoms with Gasteiger partial charge in [0.05, 0.1) is 11.1 Å². The largest absolute Gasteiger partial charge is 0.454 e. The molecular weight excluding hydrogens is 380 g/mol. The van der Waals surface area contributed by atoms with Gasteiger partial charge in [0.15, 0.2) is 11.5 Å². The van der Waals surface area contributed by atoms with Gasteiger partial charge in [-0.05, 0) is 23.8 Å². The molecule has 0 atom stereocenters. The summed E-state index contributed by atoms with van der Waals surface area (Å²) < 4.78 is 11.6. The number of halogens is 1. The van der Waals surface area contributed by atoms with Crippen LogP contribution in [0.3, 0.4) is 0 Å². The van der Waals surface area contributed by atoms with E-state index in [1.165, 1.54) is 17.8 Å². The minimum absolute atomic E-state index is 0.124. The Balaban J connectivity index is 1.86. The summed E-state index contributed by atoms with van der Waals surface area (Å²) in [6, 6.07) is 9.16. The number of anilines is 1. The third-order valence-electron chi connectivity index (χ3n) is 3.16. The van der Waals surface area contributed by atoms with Gasteiger partial charge in [0, 0.05) is 10.2 Å². The van der Waals surface area contributed by atoms with Crippen molar-refractivity contribution in [1.29, 1.82) is 10.5 Å². The third kappa shape index (κ3) is 3.04. The van der Waals surface area contributed by atoms with E-state index in [4.69, 9.17) is 20.5 Å². The Labute approximate surface area is 145 Å². The smallest absolute Gasteiger partial charge is 0.231 e. The summed E-state index contributed by atoms with van der Waals surface area (Å²) in [6.07, 6.45) is 0. The van der Waals surface area contributed by atoms with Crippen LogP contribution in [0, 0.1) is 22.7 Å². The van der Waals surface area contributed by atoms with E-state index in [0.717, 1.165) is 10.0 Å². The molecule has 23 heavy (non-hydrogen) atoms. The Bertz CT molecular complexity index is 873. The zero-order valence-corrected chi connectivity index (χ0v) is 14.1. The average molecular weight is 389 g/mol. The molecule has 0 unspecified atom stereocenters. The summed E-state index contributed by atoms with van der Waals surface area (Å²) in [6.45, 7) is 0.213. The van der Waals surface area contributed by atoms with E-state index in [9.17, 15) is 5.26 Å². The predicted molar refractivity (Wildman–Crippen MR) is 87.9 cm³/mol. The van der Waals surface area contributed by atoms with Gasteiger partial charge in [-0.3, -0.25) is 0 Å². The minimum atomic E-state index is 0.124. The van der Waals surface area contributed by atoms with Gasteiger partial charge < -0.3 is 15.2 Å². The van der Waals surface area contributed by atoms with Crippen molar-refractivity contribution in [1.82, 2.24) is 4.98 Å². The van der Waals surface area contributed by atoms with Crippen LogP contribution in [-0.2, 0) is 5.75 Å². The van der Waals surface area contributed by atoms with Gasteiger partial charge in [0.25, 0.3) is 0 Å². The second-order valence-corrected chi connectivity index (χ2v) is 6.40. The first-order chi connectivity index (χ1) is 11.1. The van der Waals surface area contributed by atoms with E-state index in [2.05, 4.69) is 20.9 Å². The van der Waals surface area contributed by atoms with Crippen molar-refractivity contribution in [2.75, 3.05) is 12.5 Å². The van der Waals surface area contributed by atoms with Gasteiger partial charge >= 0.3 is 0 Å². The Morgan fingerprint density at radius 1 is 1.17 bits per heavy atom. The lowest BCUT2D eigenvalue weighted by Gasteiger charge is -2.08. The average Bonchev–Trinajstić information content (AvgIpc) is 2.99. The predicted octanol–water partition coefficient (Wildman–Crippen LogP) is 3.19. The number of fused-ring (bicyclic) bond motifs is 1. The van der Waals surface area contributed by atoms with Gasteiger partial charge in [0.1, 0.15) is 23.0 Å². The van der Waals surface area contributed by atoms with Crippen LogP contribution in [0.1, 0.15) is 16.7 Å². The zero-order valence-electron chi connectivity index (χ0n) is 11.7. The summed E-state index contributed by atoms with van der Waals surface area (Å²) in [5.41, 5.74) is 7.24. The standard InChI is InChI=1S/C15H9BrN4O2S/c16-11-3-13-12(21-7-22-13)2-10(11)6-23-15-9(5-18)1-8(4-17)14(19)20-15/h1-3H,6-7H2,(H2,19,20). The summed E-state index contributed by atoms with van der Waals surface area (Å²) in [5, 5.41) is 18.6. The lowest BCUT2D eigenvalue weighted by molar-refractivity contribution is 0.174. The van der Waals surface area contributed by atoms with Crippen LogP contribution in [0.15, 0.2) is 27.7 Å². The normalized spacial score (nSPS) is 11.8. The minimum Gasteiger partial charge on any atom is -0.454 e. The molecule has 3 rings (SSSR count). The molecule has 8 heteroatoms. The summed E-state index contributed by atoms with van der Waals surface area (Å²) >= 11 is 4.86. The molecule has 1 aliphatic heterocycles. The lowest BCUT2D eigenvalue weighted by atomic mass is 10.2. The van der Waals surface area contributed by atoms with Crippen LogP contribution >= 0.6 is 27.7 Å². The molecule has 2 N–H and O–H groups in total. The number of hydrogen-bond acceptors (Lipinski definition) is 7. The molecule has 114 valence electrons. The first kappa shape index (κ1) is 15.5. The van der Waals surface area contributed by atoms with E-state index in [1.54, 1.807) is 0 Å². The van der Waals surface area contributed by atoms with Gasteiger partial charge in [-0.2, -0.15) is 10.5 Å². The Morgan fingerprint density at radius 3 is 2.57 bits per heavy atom. The highest BCUT2D eigenvalue weighted by Gasteiger charge is 2.17. The van der Waals surface area contributed by atoms with Crippen molar-refractivity contribution < 1.29 is 9.47 Å². The Kier molecular flexibility index (Phi) is 4.28. The number of ether oxygens (including phenoxy) is 2. The second-order valence-electron chi connectivity index (χ2n) is 4.58. The number of aromatic nitrogens is 1. The molecule has 0 bridgehead atoms. The van der Waals surface area contributed by atoms with Crippen LogP contribution in [0.2, 0.25) is 0 Å². The maximum Gasteiger partial charge on any atom is 0.231 e. The number of hydrogen-bond donors (Lipinski definition) is 1. The van der Waals surface area contributed by atoms with E-state index >= 15 is 0 Å². The highest BCUT2D eigenvalue weighted by Crippen LogP contribution is 2.39. The van der Waals surface area contributed by atoms with Gasteiger partial charge in [-0.25, -0.2) is 4.98 Å². The molecule has 1 aromatic carbocycles. The monoisotopic (exact) mass is 388 g/mol. The van der Waals surface area contributed by atoms with Crippen molar-refractivity contribution in [3.05, 3.63) is 39.4 Å². The van der Waals surface area contributed by atoms with Gasteiger partial charge in [0.2, 0.25) is 6.79 Å². The van der Waals surface area contributed by atoms with E-state index in [0.29, 0.717) is 27.8 Å². The van der Waals surface area contributed by atoms with Crippen molar-refractivity contribution in [3.63, 3.8) is 0 Å². The Hall–Kier alpha value is -2.42. The van der Waals surface area contributed by atoms with Crippen molar-refractivity contribution in [2.45, 2.75) is 10.8 Å². The fourth-order valence-corrected chi connectivity index (χ4v) is 3.61. The second kappa shape index (κ2) is 6.37. The molecule has 6 nitrogen and oxygen atoms in total. The summed E-state index contributed by atoms with van der Waals surface area (Å²) in [7, 11) is 0. The van der Waals surface area contributed by atoms with E-state index < -0.39 is 0 Å². The van der Waals surface area contributed by atoms with E-state index in [1.807, 2.05) is 24.3 Å². The maximum atomic E-state index is 9.21. The van der Waals surface area contributed by atoms with Crippen molar-refractivity contribution >= 4 is 33.5 Å². The molecule has 0 amide bonds. The van der Waals surface area contributed by atoms with E-state index in [-0.39, 0.29) is 18.2 Å². The zero-order chi connectivity index (χ0) is 16.4. The highest BCUT2D eigenvalue weighted by molar-refractivity contribution is 9.10. The van der Waals surface area contributed by atoms with Crippen LogP contribution in [0.4, 0.5) is 5.82 Å². The number of rotatable bonds is 3. The van der Waals surface area contributed by atoms with Gasteiger partial charge in [-0.15, -0.1) is 11.8 Å². The van der Waals surface area contributed by atoms with Crippen molar-refractivity contribution in [2.24, 2.45) is 0 Å². The van der Waals surface area contributed by atoms with Gasteiger partial charge in [-0.1, -0.05) is 15.9 Å². The Morgan fingerprint density at radius 2 is 1.87 bits per heavy atom. The molecule has 1 aromatic heterocycles. The molecule has 2 heterocycles. The molecule has 1 aliphatic rings. The fourth-order valence-electron chi connectivity index (χ4n) is 2.01.